The first-order valence-electron chi connectivity index (χ1n) is 3.38. The summed E-state index contributed by atoms with van der Waals surface area (Å²) in [6.07, 6.45) is 0. The molecule has 1 aromatic carbocycles. The van der Waals surface area contributed by atoms with Gasteiger partial charge >= 0.3 is 0 Å². The van der Waals surface area contributed by atoms with Gasteiger partial charge in [0, 0.05) is 17.1 Å². The van der Waals surface area contributed by atoms with E-state index in [4.69, 9.17) is 5.73 Å². The van der Waals surface area contributed by atoms with Gasteiger partial charge in [-0.1, -0.05) is 15.9 Å². The molecule has 1 rings (SSSR count). The molecule has 0 aliphatic rings. The number of halogens is 2. The van der Waals surface area contributed by atoms with Crippen molar-refractivity contribution in [3.63, 3.8) is 0 Å². The smallest absolute Gasteiger partial charge is 0.284 e. The van der Waals surface area contributed by atoms with Crippen LogP contribution < -0.4 is 5.73 Å². The second-order valence-corrected chi connectivity index (χ2v) is 4.35. The molecule has 13 heavy (non-hydrogen) atoms. The second kappa shape index (κ2) is 4.34. The van der Waals surface area contributed by atoms with Crippen molar-refractivity contribution in [3.8, 4) is 0 Å². The summed E-state index contributed by atoms with van der Waals surface area (Å²) in [5, 5.41) is 10.6. The zero-order chi connectivity index (χ0) is 10.0. The van der Waals surface area contributed by atoms with Crippen molar-refractivity contribution in [1.82, 2.24) is 0 Å². The van der Waals surface area contributed by atoms with E-state index in [9.17, 15) is 10.1 Å². The SMILES string of the molecule is NCc1cc(Br)cc([N+](=O)[O-])c1I. The van der Waals surface area contributed by atoms with Crippen molar-refractivity contribution in [2.75, 3.05) is 0 Å². The van der Waals surface area contributed by atoms with Gasteiger partial charge in [-0.2, -0.15) is 0 Å². The molecule has 0 aliphatic heterocycles. The van der Waals surface area contributed by atoms with E-state index in [0.717, 1.165) is 5.56 Å². The molecule has 0 radical (unpaired) electrons. The fourth-order valence-corrected chi connectivity index (χ4v) is 2.13. The Bertz CT molecular complexity index is 357. The molecule has 0 fully saturated rings. The molecule has 1 aromatic rings. The molecule has 0 atom stereocenters. The van der Waals surface area contributed by atoms with E-state index in [1.54, 1.807) is 6.07 Å². The molecule has 0 heterocycles. The van der Waals surface area contributed by atoms with Crippen LogP contribution in [0.15, 0.2) is 16.6 Å². The number of nitro benzene ring substituents is 1. The second-order valence-electron chi connectivity index (χ2n) is 2.36. The number of nitrogens with zero attached hydrogens (tertiary/aromatic N) is 1. The summed E-state index contributed by atoms with van der Waals surface area (Å²) in [5.41, 5.74) is 6.31. The maximum Gasteiger partial charge on any atom is 0.284 e. The zero-order valence-corrected chi connectivity index (χ0v) is 10.2. The molecule has 0 saturated carbocycles. The molecule has 0 unspecified atom stereocenters. The highest BCUT2D eigenvalue weighted by atomic mass is 127. The summed E-state index contributed by atoms with van der Waals surface area (Å²) < 4.78 is 1.29. The molecule has 0 saturated heterocycles. The highest BCUT2D eigenvalue weighted by Crippen LogP contribution is 2.28. The topological polar surface area (TPSA) is 69.2 Å². The fourth-order valence-electron chi connectivity index (χ4n) is 0.911. The van der Waals surface area contributed by atoms with Crippen LogP contribution in [0.3, 0.4) is 0 Å². The van der Waals surface area contributed by atoms with Crippen molar-refractivity contribution >= 4 is 44.2 Å². The lowest BCUT2D eigenvalue weighted by atomic mass is 10.2. The monoisotopic (exact) mass is 356 g/mol. The van der Waals surface area contributed by atoms with Crippen molar-refractivity contribution < 1.29 is 4.92 Å². The maximum absolute atomic E-state index is 10.6. The molecule has 0 spiro atoms. The van der Waals surface area contributed by atoms with Crippen LogP contribution in [-0.4, -0.2) is 4.92 Å². The van der Waals surface area contributed by atoms with Gasteiger partial charge in [0.15, 0.2) is 0 Å². The maximum atomic E-state index is 10.6. The molecule has 4 nitrogen and oxygen atoms in total. The lowest BCUT2D eigenvalue weighted by Crippen LogP contribution is -2.02. The van der Waals surface area contributed by atoms with Gasteiger partial charge in [0.25, 0.3) is 5.69 Å². The average molecular weight is 357 g/mol. The molecule has 0 amide bonds. The van der Waals surface area contributed by atoms with Crippen LogP contribution in [0.4, 0.5) is 5.69 Å². The van der Waals surface area contributed by atoms with E-state index >= 15 is 0 Å². The van der Waals surface area contributed by atoms with Gasteiger partial charge in [-0.15, -0.1) is 0 Å². The molecule has 6 heteroatoms. The average Bonchev–Trinajstić information content (AvgIpc) is 2.08. The van der Waals surface area contributed by atoms with Crippen LogP contribution in [-0.2, 0) is 6.54 Å². The predicted molar refractivity (Wildman–Crippen MR) is 61.4 cm³/mol. The van der Waals surface area contributed by atoms with E-state index in [0.29, 0.717) is 14.6 Å². The minimum atomic E-state index is -0.411. The third-order valence-electron chi connectivity index (χ3n) is 1.51. The van der Waals surface area contributed by atoms with Crippen molar-refractivity contribution in [3.05, 3.63) is 35.9 Å². The quantitative estimate of drug-likeness (QED) is 0.502. The largest absolute Gasteiger partial charge is 0.326 e. The van der Waals surface area contributed by atoms with E-state index in [1.165, 1.54) is 6.07 Å². The molecule has 0 bridgehead atoms. The first kappa shape index (κ1) is 10.9. The molecule has 0 aliphatic carbocycles. The third-order valence-corrected chi connectivity index (χ3v) is 3.21. The van der Waals surface area contributed by atoms with E-state index in [2.05, 4.69) is 15.9 Å². The van der Waals surface area contributed by atoms with Crippen molar-refractivity contribution in [2.45, 2.75) is 6.54 Å². The Hall–Kier alpha value is -0.210. The zero-order valence-electron chi connectivity index (χ0n) is 6.46. The minimum absolute atomic E-state index is 0.0930. The Labute approximate surface area is 96.9 Å². The van der Waals surface area contributed by atoms with Gasteiger partial charge in [-0.25, -0.2) is 0 Å². The van der Waals surface area contributed by atoms with Crippen LogP contribution >= 0.6 is 38.5 Å². The number of rotatable bonds is 2. The number of hydrogen-bond acceptors (Lipinski definition) is 3. The Morgan fingerprint density at radius 1 is 1.62 bits per heavy atom. The van der Waals surface area contributed by atoms with Gasteiger partial charge in [0.2, 0.25) is 0 Å². The first-order valence-corrected chi connectivity index (χ1v) is 5.25. The van der Waals surface area contributed by atoms with Gasteiger partial charge < -0.3 is 5.73 Å². The van der Waals surface area contributed by atoms with Crippen LogP contribution in [0.1, 0.15) is 5.56 Å². The summed E-state index contributed by atoms with van der Waals surface area (Å²) in [4.78, 5) is 10.2. The van der Waals surface area contributed by atoms with E-state index in [-0.39, 0.29) is 5.69 Å². The number of nitro groups is 1. The molecular formula is C7H6BrIN2O2. The number of benzene rings is 1. The standard InChI is InChI=1S/C7H6BrIN2O2/c8-5-1-4(3-10)7(9)6(2-5)11(12)13/h1-2H,3,10H2. The van der Waals surface area contributed by atoms with Gasteiger partial charge in [-0.3, -0.25) is 10.1 Å². The van der Waals surface area contributed by atoms with Crippen LogP contribution in [0, 0.1) is 13.7 Å². The Morgan fingerprint density at radius 2 is 2.23 bits per heavy atom. The highest BCUT2D eigenvalue weighted by Gasteiger charge is 2.15. The van der Waals surface area contributed by atoms with Crippen LogP contribution in [0.2, 0.25) is 0 Å². The summed E-state index contributed by atoms with van der Waals surface area (Å²) in [5.74, 6) is 0. The van der Waals surface area contributed by atoms with E-state index < -0.39 is 4.92 Å². The summed E-state index contributed by atoms with van der Waals surface area (Å²) in [7, 11) is 0. The minimum Gasteiger partial charge on any atom is -0.326 e. The molecule has 2 N–H and O–H groups in total. The van der Waals surface area contributed by atoms with Crippen molar-refractivity contribution in [2.24, 2.45) is 5.73 Å². The third kappa shape index (κ3) is 2.38. The molecule has 70 valence electrons. The molecule has 0 aromatic heterocycles. The lowest BCUT2D eigenvalue weighted by molar-refractivity contribution is -0.385. The van der Waals surface area contributed by atoms with E-state index in [1.807, 2.05) is 22.6 Å². The Kier molecular flexibility index (Phi) is 3.63. The van der Waals surface area contributed by atoms with Gasteiger partial charge in [-0.05, 0) is 34.2 Å². The fraction of sp³-hybridized carbons (Fsp3) is 0.143. The highest BCUT2D eigenvalue weighted by molar-refractivity contribution is 14.1. The van der Waals surface area contributed by atoms with Crippen LogP contribution in [0.5, 0.6) is 0 Å². The molecular weight excluding hydrogens is 351 g/mol. The predicted octanol–water partition coefficient (Wildman–Crippen LogP) is 2.42. The van der Waals surface area contributed by atoms with Crippen LogP contribution in [0.25, 0.3) is 0 Å². The Balaban J connectivity index is 3.35. The number of nitrogens with two attached hydrogens (primary N) is 1. The van der Waals surface area contributed by atoms with Gasteiger partial charge in [0.1, 0.15) is 0 Å². The normalized spacial score (nSPS) is 10.1. The summed E-state index contributed by atoms with van der Waals surface area (Å²) in [6, 6.07) is 3.26. The van der Waals surface area contributed by atoms with Crippen molar-refractivity contribution in [1.29, 1.82) is 0 Å². The number of hydrogen-bond donors (Lipinski definition) is 1. The lowest BCUT2D eigenvalue weighted by Gasteiger charge is -2.02. The van der Waals surface area contributed by atoms with Gasteiger partial charge in [0.05, 0.1) is 8.49 Å². The summed E-state index contributed by atoms with van der Waals surface area (Å²) >= 11 is 5.12. The first-order chi connectivity index (χ1) is 6.06. The summed E-state index contributed by atoms with van der Waals surface area (Å²) in [6.45, 7) is 0.304. The Morgan fingerprint density at radius 3 is 2.69 bits per heavy atom.